The molecule has 5 N–H and O–H groups in total. The summed E-state index contributed by atoms with van der Waals surface area (Å²) in [5.41, 5.74) is 7.43. The number of hydrogen-bond donors (Lipinski definition) is 2. The lowest BCUT2D eigenvalue weighted by Gasteiger charge is -2.09. The van der Waals surface area contributed by atoms with Gasteiger partial charge in [0.25, 0.3) is 5.91 Å². The molecule has 0 unspecified atom stereocenters. The Morgan fingerprint density at radius 2 is 1.38 bits per heavy atom. The van der Waals surface area contributed by atoms with Crippen molar-refractivity contribution in [3.63, 3.8) is 0 Å². The van der Waals surface area contributed by atoms with Crippen LogP contribution >= 0.6 is 0 Å². The molecule has 2 aromatic rings. The van der Waals surface area contributed by atoms with Gasteiger partial charge in [-0.1, -0.05) is 58.0 Å². The molecule has 0 saturated heterocycles. The van der Waals surface area contributed by atoms with E-state index in [9.17, 15) is 4.79 Å². The lowest BCUT2D eigenvalue weighted by molar-refractivity contribution is 0.100. The molecule has 0 bridgehead atoms. The molecule has 4 heteroatoms. The summed E-state index contributed by atoms with van der Waals surface area (Å²) in [6, 6.07) is 16.8. The van der Waals surface area contributed by atoms with Gasteiger partial charge in [-0.3, -0.25) is 4.79 Å². The summed E-state index contributed by atoms with van der Waals surface area (Å²) in [6.45, 7) is 8.00. The Bertz CT molecular complexity index is 505. The topological polar surface area (TPSA) is 86.6 Å². The standard InChI is InChI=1S/C13H12N2O.2C2H6.H2O.H2/c14-13(16)11-8-4-5-9-12(11)15-10-6-2-1-3-7-10;2*1-2;;/h1-9,15H,(H2,14,16);2*1-2H3;1H2;1H. The van der Waals surface area contributed by atoms with Gasteiger partial charge in [0.2, 0.25) is 0 Å². The van der Waals surface area contributed by atoms with E-state index in [-0.39, 0.29) is 6.90 Å². The molecule has 4 nitrogen and oxygen atoms in total. The first-order valence-electron chi connectivity index (χ1n) is 6.98. The first-order chi connectivity index (χ1) is 9.77. The number of carbonyl (C=O) groups excluding carboxylic acids is 1. The molecule has 0 aromatic heterocycles. The largest absolute Gasteiger partial charge is 0.412 e. The molecule has 2 rings (SSSR count). The van der Waals surface area contributed by atoms with Crippen LogP contribution in [0.3, 0.4) is 0 Å². The molecule has 0 aliphatic heterocycles. The summed E-state index contributed by atoms with van der Waals surface area (Å²) in [4.78, 5) is 11.2. The molecule has 0 radical (unpaired) electrons. The minimum atomic E-state index is -0.431. The Morgan fingerprint density at radius 1 is 0.905 bits per heavy atom. The van der Waals surface area contributed by atoms with Crippen molar-refractivity contribution in [3.8, 4) is 0 Å². The highest BCUT2D eigenvalue weighted by molar-refractivity contribution is 5.99. The monoisotopic (exact) mass is 292 g/mol. The highest BCUT2D eigenvalue weighted by atomic mass is 16.1. The fourth-order valence-corrected chi connectivity index (χ4v) is 1.48. The van der Waals surface area contributed by atoms with Gasteiger partial charge in [0.05, 0.1) is 11.3 Å². The number of primary amides is 1. The van der Waals surface area contributed by atoms with Gasteiger partial charge in [-0.05, 0) is 24.3 Å². The fraction of sp³-hybridized carbons (Fsp3) is 0.235. The van der Waals surface area contributed by atoms with Crippen molar-refractivity contribution in [1.82, 2.24) is 0 Å². The van der Waals surface area contributed by atoms with E-state index < -0.39 is 5.91 Å². The zero-order valence-electron chi connectivity index (χ0n) is 13.2. The first-order valence-corrected chi connectivity index (χ1v) is 6.98. The van der Waals surface area contributed by atoms with E-state index in [1.165, 1.54) is 0 Å². The van der Waals surface area contributed by atoms with E-state index in [2.05, 4.69) is 5.32 Å². The zero-order valence-corrected chi connectivity index (χ0v) is 13.2. The van der Waals surface area contributed by atoms with Gasteiger partial charge in [-0.25, -0.2) is 0 Å². The van der Waals surface area contributed by atoms with Gasteiger partial charge in [0, 0.05) is 7.11 Å². The predicted octanol–water partition coefficient (Wildman–Crippen LogP) is 4.00. The minimum Gasteiger partial charge on any atom is -0.412 e. The summed E-state index contributed by atoms with van der Waals surface area (Å²) in [6.07, 6.45) is 0. The maximum absolute atomic E-state index is 11.2. The summed E-state index contributed by atoms with van der Waals surface area (Å²) in [5.74, 6) is -0.431. The molecule has 0 aliphatic carbocycles. The smallest absolute Gasteiger partial charge is 0.250 e. The lowest BCUT2D eigenvalue weighted by Crippen LogP contribution is -2.13. The third-order valence-electron chi connectivity index (χ3n) is 2.25. The zero-order chi connectivity index (χ0) is 15.4. The molecular formula is C17H28N2O2. The van der Waals surface area contributed by atoms with E-state index in [4.69, 9.17) is 5.73 Å². The average molecular weight is 292 g/mol. The number of rotatable bonds is 3. The number of amides is 1. The van der Waals surface area contributed by atoms with Crippen LogP contribution in [-0.4, -0.2) is 11.4 Å². The van der Waals surface area contributed by atoms with Gasteiger partial charge in [0.1, 0.15) is 0 Å². The maximum atomic E-state index is 11.2. The highest BCUT2D eigenvalue weighted by Gasteiger charge is 2.06. The predicted molar refractivity (Wildman–Crippen MR) is 93.1 cm³/mol. The third kappa shape index (κ3) is 7.13. The minimum absolute atomic E-state index is 0. The molecule has 2 aromatic carbocycles. The van der Waals surface area contributed by atoms with Crippen LogP contribution in [0, 0.1) is 0 Å². The molecule has 0 spiro atoms. The van der Waals surface area contributed by atoms with Crippen LogP contribution in [0.4, 0.5) is 11.4 Å². The van der Waals surface area contributed by atoms with Crippen LogP contribution in [0.2, 0.25) is 0 Å². The second-order valence-electron chi connectivity index (χ2n) is 3.40. The molecule has 0 saturated carbocycles. The second-order valence-corrected chi connectivity index (χ2v) is 3.40. The van der Waals surface area contributed by atoms with Gasteiger partial charge in [-0.15, -0.1) is 0 Å². The van der Waals surface area contributed by atoms with Crippen LogP contribution < -0.4 is 11.1 Å². The summed E-state index contributed by atoms with van der Waals surface area (Å²) in [5, 5.41) is 3.15. The van der Waals surface area contributed by atoms with Crippen LogP contribution in [0.5, 0.6) is 0 Å². The number of anilines is 2. The van der Waals surface area contributed by atoms with Gasteiger partial charge >= 0.3 is 0 Å². The third-order valence-corrected chi connectivity index (χ3v) is 2.25. The molecule has 118 valence electrons. The van der Waals surface area contributed by atoms with Crippen LogP contribution in [0.1, 0.15) is 39.5 Å². The molecule has 21 heavy (non-hydrogen) atoms. The molecule has 1 amide bonds. The van der Waals surface area contributed by atoms with Crippen molar-refractivity contribution < 1.29 is 11.7 Å². The van der Waals surface area contributed by atoms with Crippen LogP contribution in [0.15, 0.2) is 54.6 Å². The summed E-state index contributed by atoms with van der Waals surface area (Å²) >= 11 is 0. The second kappa shape index (κ2) is 12.7. The van der Waals surface area contributed by atoms with E-state index in [0.29, 0.717) is 5.56 Å². The number of nitrogens with one attached hydrogen (secondary N) is 1. The number of para-hydroxylation sites is 2. The summed E-state index contributed by atoms with van der Waals surface area (Å²) < 4.78 is 0. The average Bonchev–Trinajstić information content (AvgIpc) is 2.52. The van der Waals surface area contributed by atoms with E-state index >= 15 is 0 Å². The van der Waals surface area contributed by atoms with Gasteiger partial charge in [-0.2, -0.15) is 0 Å². The number of benzene rings is 2. The Morgan fingerprint density at radius 3 is 1.90 bits per heavy atom. The van der Waals surface area contributed by atoms with Crippen molar-refractivity contribution in [3.05, 3.63) is 60.2 Å². The summed E-state index contributed by atoms with van der Waals surface area (Å²) in [7, 11) is 0. The van der Waals surface area contributed by atoms with E-state index in [0.717, 1.165) is 11.4 Å². The Balaban J connectivity index is -0.000000557. The Labute approximate surface area is 128 Å². The maximum Gasteiger partial charge on any atom is 0.250 e. The Hall–Kier alpha value is -2.33. The lowest BCUT2D eigenvalue weighted by atomic mass is 10.1. The molecular weight excluding hydrogens is 264 g/mol. The normalized spacial score (nSPS) is 8.00. The van der Waals surface area contributed by atoms with E-state index in [1.807, 2.05) is 70.2 Å². The van der Waals surface area contributed by atoms with Gasteiger partial charge < -0.3 is 16.5 Å². The van der Waals surface area contributed by atoms with Crippen molar-refractivity contribution in [2.24, 2.45) is 5.73 Å². The highest BCUT2D eigenvalue weighted by Crippen LogP contribution is 2.19. The number of hydrogen-bond acceptors (Lipinski definition) is 2. The SMILES string of the molecule is CC.CC.NC(=O)c1ccccc1Nc1ccccc1.O.[HH]. The number of carbonyl (C=O) groups is 1. The Kier molecular flexibility index (Phi) is 12.7. The molecule has 0 fully saturated rings. The van der Waals surface area contributed by atoms with Crippen molar-refractivity contribution in [1.29, 1.82) is 0 Å². The van der Waals surface area contributed by atoms with Gasteiger partial charge in [0.15, 0.2) is 0 Å². The first kappa shape index (κ1) is 21.0. The van der Waals surface area contributed by atoms with Crippen LogP contribution in [-0.2, 0) is 0 Å². The van der Waals surface area contributed by atoms with Crippen LogP contribution in [0.25, 0.3) is 0 Å². The molecule has 0 atom stereocenters. The molecule has 0 aliphatic rings. The van der Waals surface area contributed by atoms with E-state index in [1.54, 1.807) is 12.1 Å². The van der Waals surface area contributed by atoms with Crippen molar-refractivity contribution >= 4 is 17.3 Å². The fourth-order valence-electron chi connectivity index (χ4n) is 1.48. The number of nitrogens with two attached hydrogens (primary N) is 1. The van der Waals surface area contributed by atoms with Crippen molar-refractivity contribution in [2.45, 2.75) is 27.7 Å². The van der Waals surface area contributed by atoms with Crippen molar-refractivity contribution in [2.75, 3.05) is 5.32 Å². The quantitative estimate of drug-likeness (QED) is 0.895. The molecule has 0 heterocycles.